The topological polar surface area (TPSA) is 119 Å². The van der Waals surface area contributed by atoms with E-state index in [0.29, 0.717) is 44.5 Å². The molecule has 0 unspecified atom stereocenters. The quantitative estimate of drug-likeness (QED) is 0.560. The van der Waals surface area contributed by atoms with Crippen LogP contribution in [-0.4, -0.2) is 92.6 Å². The van der Waals surface area contributed by atoms with E-state index < -0.39 is 10.0 Å². The van der Waals surface area contributed by atoms with E-state index in [2.05, 4.69) is 10.6 Å². The predicted molar refractivity (Wildman–Crippen MR) is 115 cm³/mol. The highest BCUT2D eigenvalue weighted by Gasteiger charge is 2.29. The first-order valence-electron chi connectivity index (χ1n) is 10.3. The molecule has 1 saturated heterocycles. The van der Waals surface area contributed by atoms with Crippen molar-refractivity contribution in [3.8, 4) is 0 Å². The number of hydrogen-bond donors (Lipinski definition) is 2. The average Bonchev–Trinajstić information content (AvgIpc) is 3.52. The molecule has 3 amide bonds. The maximum Gasteiger partial charge on any atom is 0.243 e. The summed E-state index contributed by atoms with van der Waals surface area (Å²) in [6.45, 7) is 3.48. The van der Waals surface area contributed by atoms with Crippen molar-refractivity contribution in [2.24, 2.45) is 0 Å². The van der Waals surface area contributed by atoms with Crippen molar-refractivity contribution < 1.29 is 22.8 Å². The van der Waals surface area contributed by atoms with E-state index >= 15 is 0 Å². The van der Waals surface area contributed by atoms with Gasteiger partial charge in [-0.1, -0.05) is 0 Å². The van der Waals surface area contributed by atoms with Crippen LogP contribution in [0.25, 0.3) is 0 Å². The van der Waals surface area contributed by atoms with Gasteiger partial charge in [-0.05, 0) is 37.1 Å². The first-order chi connectivity index (χ1) is 14.6. The summed E-state index contributed by atoms with van der Waals surface area (Å²) in [4.78, 5) is 39.3. The minimum atomic E-state index is -3.84. The highest BCUT2D eigenvalue weighted by atomic mass is 32.2. The molecule has 2 fully saturated rings. The number of piperazine rings is 1. The Balaban J connectivity index is 1.49. The Hall–Kier alpha value is -2.50. The van der Waals surface area contributed by atoms with Gasteiger partial charge in [0.05, 0.1) is 18.0 Å². The molecule has 2 aliphatic rings. The number of benzene rings is 1. The molecule has 0 atom stereocenters. The SMILES string of the molecule is CC(=O)Nc1ccc(S(=O)(=O)N(C)CC(=O)N2CCN(CC(=O)NC3CC3)CC2)cc1. The number of nitrogens with one attached hydrogen (secondary N) is 2. The molecule has 1 aliphatic carbocycles. The molecule has 170 valence electrons. The number of carbonyl (C=O) groups excluding carboxylic acids is 3. The fourth-order valence-electron chi connectivity index (χ4n) is 3.33. The van der Waals surface area contributed by atoms with Crippen LogP contribution >= 0.6 is 0 Å². The second-order valence-corrected chi connectivity index (χ2v) is 10.0. The maximum atomic E-state index is 12.8. The van der Waals surface area contributed by atoms with Gasteiger partial charge >= 0.3 is 0 Å². The molecule has 0 radical (unpaired) electrons. The van der Waals surface area contributed by atoms with Gasteiger partial charge in [-0.2, -0.15) is 4.31 Å². The largest absolute Gasteiger partial charge is 0.352 e. The maximum absolute atomic E-state index is 12.8. The lowest BCUT2D eigenvalue weighted by Gasteiger charge is -2.35. The Morgan fingerprint density at radius 2 is 1.68 bits per heavy atom. The zero-order valence-electron chi connectivity index (χ0n) is 17.8. The van der Waals surface area contributed by atoms with Crippen LogP contribution < -0.4 is 10.6 Å². The molecule has 0 spiro atoms. The van der Waals surface area contributed by atoms with Crippen LogP contribution in [0.15, 0.2) is 29.2 Å². The van der Waals surface area contributed by atoms with E-state index in [4.69, 9.17) is 0 Å². The van der Waals surface area contributed by atoms with E-state index in [1.807, 2.05) is 4.90 Å². The monoisotopic (exact) mass is 451 g/mol. The Morgan fingerprint density at radius 1 is 1.06 bits per heavy atom. The van der Waals surface area contributed by atoms with Crippen LogP contribution in [0.4, 0.5) is 5.69 Å². The van der Waals surface area contributed by atoms with Gasteiger partial charge in [-0.3, -0.25) is 19.3 Å². The van der Waals surface area contributed by atoms with Crippen molar-refractivity contribution in [3.05, 3.63) is 24.3 Å². The van der Waals surface area contributed by atoms with Gasteiger partial charge in [-0.25, -0.2) is 8.42 Å². The van der Waals surface area contributed by atoms with E-state index in [1.54, 1.807) is 4.90 Å². The molecule has 1 aromatic rings. The Kier molecular flexibility index (Phi) is 7.29. The second kappa shape index (κ2) is 9.75. The lowest BCUT2D eigenvalue weighted by atomic mass is 10.3. The van der Waals surface area contributed by atoms with Gasteiger partial charge in [0, 0.05) is 51.9 Å². The molecular formula is C20H29N5O5S. The highest BCUT2D eigenvalue weighted by Crippen LogP contribution is 2.19. The molecule has 0 bridgehead atoms. The summed E-state index contributed by atoms with van der Waals surface area (Å²) in [5, 5.41) is 5.53. The summed E-state index contributed by atoms with van der Waals surface area (Å²) < 4.78 is 26.6. The molecule has 10 nitrogen and oxygen atoms in total. The average molecular weight is 452 g/mol. The van der Waals surface area contributed by atoms with Crippen molar-refractivity contribution in [3.63, 3.8) is 0 Å². The number of amides is 3. The van der Waals surface area contributed by atoms with Crippen molar-refractivity contribution >= 4 is 33.4 Å². The van der Waals surface area contributed by atoms with E-state index in [9.17, 15) is 22.8 Å². The fraction of sp³-hybridized carbons (Fsp3) is 0.550. The minimum Gasteiger partial charge on any atom is -0.352 e. The number of anilines is 1. The van der Waals surface area contributed by atoms with Crippen LogP contribution in [0, 0.1) is 0 Å². The Bertz CT molecular complexity index is 922. The number of sulfonamides is 1. The molecule has 3 rings (SSSR count). The third kappa shape index (κ3) is 6.49. The van der Waals surface area contributed by atoms with Crippen molar-refractivity contribution in [1.82, 2.24) is 19.4 Å². The van der Waals surface area contributed by atoms with Gasteiger partial charge in [0.1, 0.15) is 0 Å². The summed E-state index contributed by atoms with van der Waals surface area (Å²) in [6.07, 6.45) is 2.09. The normalized spacial score (nSPS) is 17.5. The molecule has 1 aromatic carbocycles. The smallest absolute Gasteiger partial charge is 0.243 e. The van der Waals surface area contributed by atoms with Gasteiger partial charge in [-0.15, -0.1) is 0 Å². The number of likely N-dealkylation sites (N-methyl/N-ethyl adjacent to an activating group) is 1. The van der Waals surface area contributed by atoms with Crippen LogP contribution in [-0.2, 0) is 24.4 Å². The van der Waals surface area contributed by atoms with Crippen molar-refractivity contribution in [2.45, 2.75) is 30.7 Å². The third-order valence-electron chi connectivity index (χ3n) is 5.28. The van der Waals surface area contributed by atoms with E-state index in [0.717, 1.165) is 17.1 Å². The number of carbonyl (C=O) groups is 3. The molecule has 11 heteroatoms. The summed E-state index contributed by atoms with van der Waals surface area (Å²) in [5.74, 6) is -0.511. The summed E-state index contributed by atoms with van der Waals surface area (Å²) in [6, 6.07) is 6.12. The van der Waals surface area contributed by atoms with Crippen LogP contribution in [0.3, 0.4) is 0 Å². The first-order valence-corrected chi connectivity index (χ1v) is 11.7. The molecule has 31 heavy (non-hydrogen) atoms. The fourth-order valence-corrected chi connectivity index (χ4v) is 4.45. The Labute approximate surface area is 182 Å². The lowest BCUT2D eigenvalue weighted by molar-refractivity contribution is -0.133. The molecule has 1 saturated carbocycles. The minimum absolute atomic E-state index is 0.0117. The summed E-state index contributed by atoms with van der Waals surface area (Å²) in [5.41, 5.74) is 0.494. The Morgan fingerprint density at radius 3 is 2.23 bits per heavy atom. The van der Waals surface area contributed by atoms with Crippen LogP contribution in [0.1, 0.15) is 19.8 Å². The van der Waals surface area contributed by atoms with Crippen molar-refractivity contribution in [2.75, 3.05) is 51.6 Å². The van der Waals surface area contributed by atoms with Crippen LogP contribution in [0.2, 0.25) is 0 Å². The molecule has 1 heterocycles. The highest BCUT2D eigenvalue weighted by molar-refractivity contribution is 7.89. The van der Waals surface area contributed by atoms with Crippen molar-refractivity contribution in [1.29, 1.82) is 0 Å². The van der Waals surface area contributed by atoms with E-state index in [-0.39, 0.29) is 29.2 Å². The zero-order valence-corrected chi connectivity index (χ0v) is 18.7. The second-order valence-electron chi connectivity index (χ2n) is 7.97. The van der Waals surface area contributed by atoms with Gasteiger partial charge in [0.15, 0.2) is 0 Å². The predicted octanol–water partition coefficient (Wildman–Crippen LogP) is -0.312. The van der Waals surface area contributed by atoms with Gasteiger partial charge in [0.2, 0.25) is 27.7 Å². The molecule has 2 N–H and O–H groups in total. The summed E-state index contributed by atoms with van der Waals surface area (Å²) in [7, 11) is -2.47. The number of nitrogens with zero attached hydrogens (tertiary/aromatic N) is 3. The molecule has 1 aliphatic heterocycles. The van der Waals surface area contributed by atoms with Crippen LogP contribution in [0.5, 0.6) is 0 Å². The lowest BCUT2D eigenvalue weighted by Crippen LogP contribution is -2.53. The van der Waals surface area contributed by atoms with E-state index in [1.165, 1.54) is 38.2 Å². The standard InChI is InChI=1S/C20H29N5O5S/c1-15(26)21-16-5-7-18(8-6-16)31(29,30)23(2)14-20(28)25-11-9-24(10-12-25)13-19(27)22-17-3-4-17/h5-8,17H,3-4,9-14H2,1-2H3,(H,21,26)(H,22,27). The number of rotatable bonds is 8. The first kappa shape index (κ1) is 23.2. The molecule has 0 aromatic heterocycles. The molecular weight excluding hydrogens is 422 g/mol. The zero-order chi connectivity index (χ0) is 22.6. The van der Waals surface area contributed by atoms with Gasteiger partial charge < -0.3 is 15.5 Å². The summed E-state index contributed by atoms with van der Waals surface area (Å²) >= 11 is 0. The third-order valence-corrected chi connectivity index (χ3v) is 7.09. The number of hydrogen-bond acceptors (Lipinski definition) is 6. The van der Waals surface area contributed by atoms with Gasteiger partial charge in [0.25, 0.3) is 0 Å².